The van der Waals surface area contributed by atoms with Gasteiger partial charge in [-0.15, -0.1) is 0 Å². The van der Waals surface area contributed by atoms with Crippen LogP contribution >= 0.6 is 0 Å². The fourth-order valence-corrected chi connectivity index (χ4v) is 8.00. The molecular formula is C36H49N13Na4O22S4. The fourth-order valence-electron chi connectivity index (χ4n) is 5.90. The molecule has 0 radical (unpaired) electrons. The Morgan fingerprint density at radius 2 is 0.785 bits per heavy atom. The molecule has 0 amide bonds. The molecule has 2 aromatic heterocycles. The number of benzene rings is 2. The number of hydrogen-bond donors (Lipinski definition) is 17. The molecule has 0 aliphatic heterocycles. The van der Waals surface area contributed by atoms with Gasteiger partial charge in [0.15, 0.2) is 0 Å². The van der Waals surface area contributed by atoms with E-state index in [4.69, 9.17) is 10.2 Å². The van der Waals surface area contributed by atoms with Gasteiger partial charge in [0.25, 0.3) is 0 Å². The van der Waals surface area contributed by atoms with Gasteiger partial charge >= 0.3 is 118 Å². The Hall–Kier alpha value is -1.80. The van der Waals surface area contributed by atoms with E-state index < -0.39 is 186 Å². The van der Waals surface area contributed by atoms with Crippen molar-refractivity contribution in [1.82, 2.24) is 35.3 Å². The molecule has 4 rings (SSSR count). The molecule has 0 aliphatic rings. The van der Waals surface area contributed by atoms with Crippen molar-refractivity contribution in [2.75, 3.05) is 82.9 Å². The van der Waals surface area contributed by atoms with Crippen LogP contribution in [0, 0.1) is 0 Å². The summed E-state index contributed by atoms with van der Waals surface area (Å²) < 4.78 is 142. The van der Waals surface area contributed by atoms with Crippen LogP contribution in [-0.2, 0) is 40.5 Å². The van der Waals surface area contributed by atoms with Crippen LogP contribution in [0.1, 0.15) is 11.1 Å². The Morgan fingerprint density at radius 1 is 0.456 bits per heavy atom. The van der Waals surface area contributed by atoms with Crippen molar-refractivity contribution in [2.24, 2.45) is 0 Å². The third kappa shape index (κ3) is 26.3. The quantitative estimate of drug-likeness (QED) is 0.00963. The number of anilines is 8. The van der Waals surface area contributed by atoms with Crippen LogP contribution in [0.25, 0.3) is 12.2 Å². The summed E-state index contributed by atoms with van der Waals surface area (Å²) in [6, 6.07) is 6.05. The van der Waals surface area contributed by atoms with E-state index >= 15 is 0 Å². The predicted molar refractivity (Wildman–Crippen MR) is 252 cm³/mol. The third-order valence-electron chi connectivity index (χ3n) is 9.69. The number of hydrogen-bond acceptors (Lipinski definition) is 35. The summed E-state index contributed by atoms with van der Waals surface area (Å²) >= 11 is 0. The SMILES string of the molecule is O=S(=O)([O-])CCNc1nc(NCC(O)C(O)C(O)C(O)CO)nc(Nc2ccc(/C=C/c3ccc(Nc4nc(NCCS(=O)(=O)[O-])nc(NNCC(O)C(O)C(O)C(O)CO)n4)cc3S(=O)(=O)[O-])c(S(=O)(=O)[O-])c2)n1.[Na+].[Na+].[Na+].[Na+]. The van der Waals surface area contributed by atoms with Crippen molar-refractivity contribution in [2.45, 2.75) is 58.6 Å². The number of hydrazine groups is 1. The zero-order valence-electron chi connectivity index (χ0n) is 42.1. The molecule has 79 heavy (non-hydrogen) atoms. The molecule has 0 saturated heterocycles. The number of aromatic nitrogens is 6. The molecule has 0 saturated carbocycles. The first-order valence-corrected chi connectivity index (χ1v) is 27.0. The summed E-state index contributed by atoms with van der Waals surface area (Å²) in [5.74, 6) is -4.47. The van der Waals surface area contributed by atoms with Gasteiger partial charge in [0.05, 0.1) is 67.0 Å². The Balaban J connectivity index is 0.0000152. The fraction of sp³-hybridized carbons (Fsp3) is 0.444. The van der Waals surface area contributed by atoms with Gasteiger partial charge < -0.3 is 95.9 Å². The van der Waals surface area contributed by atoms with E-state index in [1.54, 1.807) is 0 Å². The van der Waals surface area contributed by atoms with Crippen LogP contribution in [0.3, 0.4) is 0 Å². The summed E-state index contributed by atoms with van der Waals surface area (Å²) in [7, 11) is -20.2. The van der Waals surface area contributed by atoms with Crippen LogP contribution < -0.4 is 156 Å². The van der Waals surface area contributed by atoms with Gasteiger partial charge in [-0.05, 0) is 35.4 Å². The van der Waals surface area contributed by atoms with Crippen LogP contribution in [0.2, 0.25) is 0 Å². The molecule has 8 unspecified atom stereocenters. The molecule has 418 valence electrons. The van der Waals surface area contributed by atoms with Gasteiger partial charge in [-0.25, -0.2) is 39.1 Å². The first-order valence-electron chi connectivity index (χ1n) is 21.1. The van der Waals surface area contributed by atoms with Crippen molar-refractivity contribution in [3.63, 3.8) is 0 Å². The normalized spacial score (nSPS) is 15.0. The molecule has 0 aliphatic carbocycles. The number of nitrogens with one attached hydrogen (secondary N) is 7. The Bertz CT molecular complexity index is 3080. The minimum Gasteiger partial charge on any atom is -0.748 e. The number of nitrogens with zero attached hydrogens (tertiary/aromatic N) is 6. The van der Waals surface area contributed by atoms with Gasteiger partial charge in [0.2, 0.25) is 35.7 Å². The van der Waals surface area contributed by atoms with Crippen molar-refractivity contribution in [3.05, 3.63) is 47.5 Å². The standard InChI is InChI=1S/C36H53N13O22S4.4Na/c50-15-23(54)29(58)27(56)21(52)13-39-33-43-31(37-7-9-72(60,61)62)44-34(46-33)41-19-5-3-17(25(11-19)74(66,67)68)1-2-18-4-6-20(12-26(18)75(69,70)71)42-35-45-32(38-8-10-73(63,64)65)47-36(48-35)49-40-14-22(53)28(57)30(59)24(55)16-51;;;;/h1-6,11-12,21-24,27-30,40,50-59H,7-10,13-16H2,(H,60,61,62)(H,63,64,65)(H,66,67,68)(H,69,70,71)(H3,37,39,41,43,44,46)(H3,38,42,45,47,48,49);;;;/q;4*+1/p-4/b2-1+;;;;. The van der Waals surface area contributed by atoms with Gasteiger partial charge in [-0.2, -0.15) is 29.9 Å². The van der Waals surface area contributed by atoms with Crippen LogP contribution in [-0.4, -0.2) is 233 Å². The summed E-state index contributed by atoms with van der Waals surface area (Å²) in [6.07, 6.45) is -13.3. The van der Waals surface area contributed by atoms with E-state index in [-0.39, 0.29) is 141 Å². The molecule has 2 heterocycles. The molecule has 0 fully saturated rings. The molecular weight excluding hydrogens is 1190 g/mol. The first kappa shape index (κ1) is 77.2. The molecule has 0 spiro atoms. The van der Waals surface area contributed by atoms with E-state index in [1.807, 2.05) is 0 Å². The van der Waals surface area contributed by atoms with Gasteiger partial charge in [-0.1, -0.05) is 24.3 Å². The molecule has 17 N–H and O–H groups in total. The maximum absolute atomic E-state index is 12.5. The molecule has 43 heteroatoms. The molecule has 4 aromatic rings. The van der Waals surface area contributed by atoms with Crippen LogP contribution in [0.5, 0.6) is 0 Å². The van der Waals surface area contributed by atoms with Gasteiger partial charge in [0.1, 0.15) is 56.9 Å². The Kier molecular flexibility index (Phi) is 34.1. The third-order valence-corrected chi connectivity index (χ3v) is 12.9. The summed E-state index contributed by atoms with van der Waals surface area (Å²) in [5.41, 5.74) is 3.64. The minimum atomic E-state index is -5.39. The maximum Gasteiger partial charge on any atom is 1.00 e. The van der Waals surface area contributed by atoms with Crippen LogP contribution in [0.4, 0.5) is 47.1 Å². The number of aliphatic hydroxyl groups is 10. The monoisotopic (exact) mass is 1240 g/mol. The van der Waals surface area contributed by atoms with Gasteiger partial charge in [0, 0.05) is 37.6 Å². The molecule has 2 aromatic carbocycles. The average molecular weight is 1240 g/mol. The molecule has 0 bridgehead atoms. The second-order valence-electron chi connectivity index (χ2n) is 15.5. The zero-order valence-corrected chi connectivity index (χ0v) is 53.3. The largest absolute Gasteiger partial charge is 1.00 e. The molecule has 8 atom stereocenters. The smallest absolute Gasteiger partial charge is 0.748 e. The average Bonchev–Trinajstić information content (AvgIpc) is 3.32. The topological polar surface area (TPSA) is 593 Å². The van der Waals surface area contributed by atoms with Crippen molar-refractivity contribution < 1.29 is 221 Å². The van der Waals surface area contributed by atoms with E-state index in [0.29, 0.717) is 0 Å². The van der Waals surface area contributed by atoms with E-state index in [0.717, 1.165) is 36.4 Å². The second kappa shape index (κ2) is 34.8. The summed E-state index contributed by atoms with van der Waals surface area (Å²) in [4.78, 5) is 22.0. The second-order valence-corrected chi connectivity index (χ2v) is 21.2. The molecule has 35 nitrogen and oxygen atoms in total. The van der Waals surface area contributed by atoms with E-state index in [1.165, 1.54) is 12.1 Å². The van der Waals surface area contributed by atoms with Crippen molar-refractivity contribution in [3.8, 4) is 0 Å². The minimum absolute atomic E-state index is 0. The number of rotatable bonds is 31. The van der Waals surface area contributed by atoms with E-state index in [9.17, 15) is 92.7 Å². The Labute approximate surface area is 539 Å². The Morgan fingerprint density at radius 3 is 1.15 bits per heavy atom. The predicted octanol–water partition coefficient (Wildman–Crippen LogP) is -19.3. The van der Waals surface area contributed by atoms with Crippen LogP contribution in [0.15, 0.2) is 46.2 Å². The van der Waals surface area contributed by atoms with Gasteiger partial charge in [-0.3, -0.25) is 5.43 Å². The number of aliphatic hydroxyl groups excluding tert-OH is 10. The van der Waals surface area contributed by atoms with E-state index in [2.05, 4.69) is 67.3 Å². The summed E-state index contributed by atoms with van der Waals surface area (Å²) in [6.45, 7) is -4.20. The van der Waals surface area contributed by atoms with Crippen molar-refractivity contribution >= 4 is 99.7 Å². The summed E-state index contributed by atoms with van der Waals surface area (Å²) in [5, 5.41) is 110. The first-order chi connectivity index (χ1) is 34.9. The van der Waals surface area contributed by atoms with Crippen molar-refractivity contribution in [1.29, 1.82) is 0 Å². The maximum atomic E-state index is 12.5. The zero-order chi connectivity index (χ0) is 56.1.